The first-order valence-electron chi connectivity index (χ1n) is 11.4. The minimum Gasteiger partial charge on any atom is -0.461 e. The molecule has 11 heteroatoms. The number of aromatic nitrogens is 7. The molecule has 5 aromatic heterocycles. The number of aryl methyl sites for hydroxylation is 2. The molecule has 174 valence electrons. The zero-order chi connectivity index (χ0) is 23.4. The molecule has 0 aliphatic carbocycles. The normalized spacial score (nSPS) is 14.3. The monoisotopic (exact) mass is 459 g/mol. The Hall–Kier alpha value is -3.99. The molecule has 0 amide bonds. The van der Waals surface area contributed by atoms with Gasteiger partial charge in [-0.05, 0) is 37.1 Å². The van der Waals surface area contributed by atoms with Crippen LogP contribution < -0.4 is 11.4 Å². The number of imidazole rings is 1. The number of pyridine rings is 1. The predicted octanol–water partition coefficient (Wildman–Crippen LogP) is 1.86. The number of hydrogen-bond donors (Lipinski definition) is 1. The van der Waals surface area contributed by atoms with E-state index in [2.05, 4.69) is 37.9 Å². The van der Waals surface area contributed by atoms with Gasteiger partial charge in [0.25, 0.3) is 0 Å². The fraction of sp³-hybridized carbons (Fsp3) is 0.348. The number of furan rings is 1. The highest BCUT2D eigenvalue weighted by Gasteiger charge is 2.23. The topological polar surface area (TPSA) is 125 Å². The van der Waals surface area contributed by atoms with Gasteiger partial charge in [0.05, 0.1) is 6.26 Å². The van der Waals surface area contributed by atoms with Gasteiger partial charge in [0.2, 0.25) is 11.8 Å². The maximum Gasteiger partial charge on any atom is 0.330 e. The average molecular weight is 460 g/mol. The van der Waals surface area contributed by atoms with Gasteiger partial charge in [-0.3, -0.25) is 19.0 Å². The molecule has 6 heterocycles. The van der Waals surface area contributed by atoms with E-state index in [1.807, 2.05) is 13.1 Å². The predicted molar refractivity (Wildman–Crippen MR) is 126 cm³/mol. The minimum atomic E-state index is -0.130. The van der Waals surface area contributed by atoms with Crippen LogP contribution in [0, 0.1) is 6.92 Å². The lowest BCUT2D eigenvalue weighted by atomic mass is 10.0. The minimum absolute atomic E-state index is 0.130. The first kappa shape index (κ1) is 20.6. The molecular formula is C23H25N9O2. The first-order valence-corrected chi connectivity index (χ1v) is 11.4. The number of nitrogens with zero attached hydrogens (tertiary/aromatic N) is 8. The SMILES string of the molecule is CCn1c(=O)n(CCN2CCc3ncc(C)cc3C2)c2nc(N)n3nc(-c4ccco4)nc3c21. The maximum absolute atomic E-state index is 13.4. The van der Waals surface area contributed by atoms with Gasteiger partial charge in [0.1, 0.15) is 5.52 Å². The number of fused-ring (bicyclic) bond motifs is 4. The summed E-state index contributed by atoms with van der Waals surface area (Å²) in [4.78, 5) is 29.5. The Kier molecular flexibility index (Phi) is 4.73. The van der Waals surface area contributed by atoms with Gasteiger partial charge < -0.3 is 10.2 Å². The van der Waals surface area contributed by atoms with Gasteiger partial charge in [0, 0.05) is 51.0 Å². The Balaban J connectivity index is 1.38. The molecule has 0 atom stereocenters. The van der Waals surface area contributed by atoms with Crippen LogP contribution in [-0.4, -0.2) is 51.7 Å². The number of anilines is 1. The highest BCUT2D eigenvalue weighted by molar-refractivity contribution is 5.88. The summed E-state index contributed by atoms with van der Waals surface area (Å²) in [6.45, 7) is 7.41. The number of nitrogens with two attached hydrogens (primary N) is 1. The Bertz CT molecular complexity index is 1580. The lowest BCUT2D eigenvalue weighted by Crippen LogP contribution is -2.35. The first-order chi connectivity index (χ1) is 16.5. The van der Waals surface area contributed by atoms with E-state index in [0.717, 1.165) is 30.8 Å². The second-order valence-electron chi connectivity index (χ2n) is 8.61. The van der Waals surface area contributed by atoms with E-state index in [1.54, 1.807) is 27.5 Å². The van der Waals surface area contributed by atoms with Crippen molar-refractivity contribution in [3.05, 3.63) is 58.0 Å². The third kappa shape index (κ3) is 3.19. The highest BCUT2D eigenvalue weighted by atomic mass is 16.3. The molecule has 1 aliphatic rings. The van der Waals surface area contributed by atoms with Crippen molar-refractivity contribution >= 4 is 22.8 Å². The zero-order valence-electron chi connectivity index (χ0n) is 19.1. The van der Waals surface area contributed by atoms with Gasteiger partial charge in [-0.25, -0.2) is 9.78 Å². The van der Waals surface area contributed by atoms with E-state index in [-0.39, 0.29) is 11.6 Å². The van der Waals surface area contributed by atoms with E-state index in [1.165, 1.54) is 10.1 Å². The van der Waals surface area contributed by atoms with Gasteiger partial charge in [-0.15, -0.1) is 5.10 Å². The van der Waals surface area contributed by atoms with Crippen LogP contribution in [0.1, 0.15) is 23.7 Å². The molecule has 0 unspecified atom stereocenters. The quantitative estimate of drug-likeness (QED) is 0.422. The van der Waals surface area contributed by atoms with Gasteiger partial charge in [-0.2, -0.15) is 9.50 Å². The largest absolute Gasteiger partial charge is 0.461 e. The fourth-order valence-corrected chi connectivity index (χ4v) is 4.74. The van der Waals surface area contributed by atoms with E-state index in [9.17, 15) is 4.79 Å². The van der Waals surface area contributed by atoms with Crippen molar-refractivity contribution in [2.24, 2.45) is 0 Å². The molecule has 0 spiro atoms. The Morgan fingerprint density at radius 3 is 2.85 bits per heavy atom. The van der Waals surface area contributed by atoms with E-state index in [4.69, 9.17) is 10.2 Å². The zero-order valence-corrected chi connectivity index (χ0v) is 19.1. The van der Waals surface area contributed by atoms with E-state index >= 15 is 0 Å². The molecule has 0 saturated heterocycles. The van der Waals surface area contributed by atoms with Gasteiger partial charge in [-0.1, -0.05) is 6.07 Å². The molecule has 1 aliphatic heterocycles. The van der Waals surface area contributed by atoms with Crippen LogP contribution in [0.25, 0.3) is 28.4 Å². The number of rotatable bonds is 5. The maximum atomic E-state index is 13.4. The second kappa shape index (κ2) is 7.80. The van der Waals surface area contributed by atoms with Crippen molar-refractivity contribution in [2.75, 3.05) is 18.8 Å². The van der Waals surface area contributed by atoms with Crippen molar-refractivity contribution in [3.63, 3.8) is 0 Å². The summed E-state index contributed by atoms with van der Waals surface area (Å²) in [6.07, 6.45) is 4.39. The smallest absolute Gasteiger partial charge is 0.330 e. The molecule has 5 aromatic rings. The fourth-order valence-electron chi connectivity index (χ4n) is 4.74. The Labute approximate surface area is 194 Å². The molecule has 0 radical (unpaired) electrons. The van der Waals surface area contributed by atoms with Gasteiger partial charge in [0.15, 0.2) is 17.1 Å². The van der Waals surface area contributed by atoms with Crippen LogP contribution >= 0.6 is 0 Å². The van der Waals surface area contributed by atoms with E-state index in [0.29, 0.717) is 48.0 Å². The molecule has 6 rings (SSSR count). The molecule has 2 N–H and O–H groups in total. The summed E-state index contributed by atoms with van der Waals surface area (Å²) in [5.41, 5.74) is 11.3. The van der Waals surface area contributed by atoms with Crippen LogP contribution in [0.5, 0.6) is 0 Å². The summed E-state index contributed by atoms with van der Waals surface area (Å²) in [5, 5.41) is 4.45. The van der Waals surface area contributed by atoms with Gasteiger partial charge >= 0.3 is 5.69 Å². The third-order valence-electron chi connectivity index (χ3n) is 6.41. The van der Waals surface area contributed by atoms with Crippen molar-refractivity contribution < 1.29 is 4.42 Å². The van der Waals surface area contributed by atoms with Crippen LogP contribution in [0.4, 0.5) is 5.95 Å². The summed E-state index contributed by atoms with van der Waals surface area (Å²) in [7, 11) is 0. The lowest BCUT2D eigenvalue weighted by Gasteiger charge is -2.28. The molecule has 0 bridgehead atoms. The molecule has 34 heavy (non-hydrogen) atoms. The molecule has 0 fully saturated rings. The van der Waals surface area contributed by atoms with Crippen molar-refractivity contribution in [1.82, 2.24) is 38.6 Å². The molecule has 11 nitrogen and oxygen atoms in total. The van der Waals surface area contributed by atoms with Crippen molar-refractivity contribution in [2.45, 2.75) is 39.9 Å². The van der Waals surface area contributed by atoms with Crippen molar-refractivity contribution in [1.29, 1.82) is 0 Å². The van der Waals surface area contributed by atoms with Crippen LogP contribution in [0.15, 0.2) is 39.9 Å². The Morgan fingerprint density at radius 1 is 1.18 bits per heavy atom. The second-order valence-corrected chi connectivity index (χ2v) is 8.61. The average Bonchev–Trinajstić information content (AvgIpc) is 3.56. The van der Waals surface area contributed by atoms with Crippen LogP contribution in [0.3, 0.4) is 0 Å². The standard InChI is InChI=1S/C23H25N9O2/c1-3-30-18-20(27-22(24)32-21(18)26-19(28-32)17-5-4-10-34-17)31(23(30)33)9-8-29-7-6-16-15(13-29)11-14(2)12-25-16/h4-5,10-12H,3,6-9,13H2,1-2H3,(H2,24,27). The van der Waals surface area contributed by atoms with Crippen molar-refractivity contribution in [3.8, 4) is 11.6 Å². The number of nitrogen functional groups attached to an aromatic ring is 1. The van der Waals surface area contributed by atoms with Crippen LogP contribution in [-0.2, 0) is 26.1 Å². The molecule has 0 saturated carbocycles. The highest BCUT2D eigenvalue weighted by Crippen LogP contribution is 2.24. The Morgan fingerprint density at radius 2 is 2.06 bits per heavy atom. The molecular weight excluding hydrogens is 434 g/mol. The van der Waals surface area contributed by atoms with E-state index < -0.39 is 0 Å². The summed E-state index contributed by atoms with van der Waals surface area (Å²) < 4.78 is 10.3. The lowest BCUT2D eigenvalue weighted by molar-refractivity contribution is 0.241. The molecule has 0 aromatic carbocycles. The van der Waals surface area contributed by atoms with Crippen LogP contribution in [0.2, 0.25) is 0 Å². The number of hydrogen-bond acceptors (Lipinski definition) is 8. The third-order valence-corrected chi connectivity index (χ3v) is 6.41. The summed E-state index contributed by atoms with van der Waals surface area (Å²) in [5.74, 6) is 1.09. The summed E-state index contributed by atoms with van der Waals surface area (Å²) >= 11 is 0. The summed E-state index contributed by atoms with van der Waals surface area (Å²) in [6, 6.07) is 5.75.